The molecular formula is C17H22N6O. The Balaban J connectivity index is 1.48. The van der Waals surface area contributed by atoms with E-state index in [2.05, 4.69) is 25.2 Å². The van der Waals surface area contributed by atoms with Gasteiger partial charge in [-0.25, -0.2) is 15.0 Å². The van der Waals surface area contributed by atoms with Crippen molar-refractivity contribution in [1.82, 2.24) is 24.8 Å². The van der Waals surface area contributed by atoms with Gasteiger partial charge in [0.1, 0.15) is 17.8 Å². The van der Waals surface area contributed by atoms with Crippen LogP contribution in [0.4, 0.5) is 5.82 Å². The number of aryl methyl sites for hydroxylation is 2. The molecular weight excluding hydrogens is 304 g/mol. The summed E-state index contributed by atoms with van der Waals surface area (Å²) in [4.78, 5) is 27.7. The molecule has 1 unspecified atom stereocenters. The zero-order valence-corrected chi connectivity index (χ0v) is 13.9. The molecule has 0 aromatic carbocycles. The van der Waals surface area contributed by atoms with E-state index in [0.717, 1.165) is 51.0 Å². The van der Waals surface area contributed by atoms with Gasteiger partial charge in [-0.15, -0.1) is 0 Å². The van der Waals surface area contributed by atoms with Crippen molar-refractivity contribution in [3.05, 3.63) is 35.8 Å². The molecule has 1 fully saturated rings. The Labute approximate surface area is 141 Å². The Bertz CT molecular complexity index is 755. The second-order valence-corrected chi connectivity index (χ2v) is 6.62. The maximum absolute atomic E-state index is 12.4. The number of piperidine rings is 1. The molecule has 2 aromatic heterocycles. The van der Waals surface area contributed by atoms with E-state index in [-0.39, 0.29) is 11.9 Å². The van der Waals surface area contributed by atoms with Crippen LogP contribution in [-0.4, -0.2) is 44.6 Å². The molecule has 4 rings (SSSR count). The van der Waals surface area contributed by atoms with Crippen LogP contribution in [-0.2, 0) is 19.9 Å². The second-order valence-electron chi connectivity index (χ2n) is 6.62. The number of anilines is 1. The first-order chi connectivity index (χ1) is 11.7. The van der Waals surface area contributed by atoms with Crippen molar-refractivity contribution in [2.45, 2.75) is 38.1 Å². The second kappa shape index (κ2) is 6.22. The number of aromatic nitrogens is 4. The lowest BCUT2D eigenvalue weighted by molar-refractivity contribution is 0.0925. The fourth-order valence-corrected chi connectivity index (χ4v) is 3.74. The first kappa shape index (κ1) is 15.1. The quantitative estimate of drug-likeness (QED) is 0.914. The van der Waals surface area contributed by atoms with Crippen molar-refractivity contribution < 1.29 is 4.79 Å². The Hall–Kier alpha value is -2.44. The van der Waals surface area contributed by atoms with E-state index in [1.807, 2.05) is 7.05 Å². The molecule has 1 aliphatic carbocycles. The highest BCUT2D eigenvalue weighted by atomic mass is 16.2. The first-order valence-electron chi connectivity index (χ1n) is 8.57. The van der Waals surface area contributed by atoms with Crippen molar-refractivity contribution in [3.8, 4) is 0 Å². The van der Waals surface area contributed by atoms with Gasteiger partial charge in [-0.1, -0.05) is 0 Å². The van der Waals surface area contributed by atoms with E-state index in [9.17, 15) is 4.79 Å². The van der Waals surface area contributed by atoms with Crippen molar-refractivity contribution >= 4 is 11.7 Å². The van der Waals surface area contributed by atoms with Crippen LogP contribution in [0.3, 0.4) is 0 Å². The minimum absolute atomic E-state index is 0.0604. The fourth-order valence-electron chi connectivity index (χ4n) is 3.74. The number of hydrogen-bond acceptors (Lipinski definition) is 5. The van der Waals surface area contributed by atoms with Crippen LogP contribution in [0, 0.1) is 0 Å². The third kappa shape index (κ3) is 2.74. The van der Waals surface area contributed by atoms with Crippen LogP contribution in [0.2, 0.25) is 0 Å². The predicted octanol–water partition coefficient (Wildman–Crippen LogP) is 1.10. The van der Waals surface area contributed by atoms with Crippen LogP contribution < -0.4 is 10.2 Å². The van der Waals surface area contributed by atoms with Crippen LogP contribution in [0.1, 0.15) is 41.0 Å². The van der Waals surface area contributed by atoms with Gasteiger partial charge in [0.15, 0.2) is 0 Å². The maximum Gasteiger partial charge on any atom is 0.269 e. The predicted molar refractivity (Wildman–Crippen MR) is 90.0 cm³/mol. The van der Waals surface area contributed by atoms with Crippen LogP contribution >= 0.6 is 0 Å². The number of rotatable bonds is 3. The number of hydrogen-bond donors (Lipinski definition) is 1. The lowest BCUT2D eigenvalue weighted by Gasteiger charge is -2.34. The number of carbonyl (C=O) groups is 1. The van der Waals surface area contributed by atoms with Gasteiger partial charge in [-0.05, 0) is 32.1 Å². The summed E-state index contributed by atoms with van der Waals surface area (Å²) in [6.07, 6.45) is 10.3. The average Bonchev–Trinajstić information content (AvgIpc) is 3.23. The molecule has 1 N–H and O–H groups in total. The molecule has 0 radical (unpaired) electrons. The molecule has 3 heterocycles. The van der Waals surface area contributed by atoms with E-state index in [1.54, 1.807) is 23.4 Å². The maximum atomic E-state index is 12.4. The Kier molecular flexibility index (Phi) is 3.92. The largest absolute Gasteiger partial charge is 0.354 e. The zero-order chi connectivity index (χ0) is 16.5. The van der Waals surface area contributed by atoms with Gasteiger partial charge < -0.3 is 14.8 Å². The molecule has 0 bridgehead atoms. The molecule has 1 aliphatic heterocycles. The van der Waals surface area contributed by atoms with Crippen molar-refractivity contribution in [2.24, 2.45) is 7.05 Å². The third-order valence-electron chi connectivity index (χ3n) is 4.96. The third-order valence-corrected chi connectivity index (χ3v) is 4.96. The molecule has 24 heavy (non-hydrogen) atoms. The smallest absolute Gasteiger partial charge is 0.269 e. The summed E-state index contributed by atoms with van der Waals surface area (Å²) in [6.45, 7) is 1.79. The topological polar surface area (TPSA) is 75.9 Å². The van der Waals surface area contributed by atoms with E-state index in [4.69, 9.17) is 0 Å². The highest BCUT2D eigenvalue weighted by Crippen LogP contribution is 2.29. The van der Waals surface area contributed by atoms with E-state index in [0.29, 0.717) is 5.69 Å². The molecule has 2 aliphatic rings. The number of nitrogens with zero attached hydrogens (tertiary/aromatic N) is 5. The molecule has 1 amide bonds. The van der Waals surface area contributed by atoms with Crippen LogP contribution in [0.5, 0.6) is 0 Å². The molecule has 126 valence electrons. The van der Waals surface area contributed by atoms with Crippen LogP contribution in [0.25, 0.3) is 0 Å². The molecule has 2 aromatic rings. The summed E-state index contributed by atoms with van der Waals surface area (Å²) in [6, 6.07) is 0.133. The summed E-state index contributed by atoms with van der Waals surface area (Å²) < 4.78 is 1.74. The Morgan fingerprint density at radius 1 is 1.29 bits per heavy atom. The van der Waals surface area contributed by atoms with Crippen LogP contribution in [0.15, 0.2) is 18.9 Å². The van der Waals surface area contributed by atoms with E-state index >= 15 is 0 Å². The minimum Gasteiger partial charge on any atom is -0.354 e. The highest BCUT2D eigenvalue weighted by Gasteiger charge is 2.27. The molecule has 1 atom stereocenters. The molecule has 0 spiro atoms. The Morgan fingerprint density at radius 3 is 3.04 bits per heavy atom. The number of fused-ring (bicyclic) bond motifs is 1. The minimum atomic E-state index is -0.0604. The monoisotopic (exact) mass is 326 g/mol. The van der Waals surface area contributed by atoms with E-state index < -0.39 is 0 Å². The van der Waals surface area contributed by atoms with Gasteiger partial charge in [-0.3, -0.25) is 4.79 Å². The van der Waals surface area contributed by atoms with Crippen molar-refractivity contribution in [3.63, 3.8) is 0 Å². The van der Waals surface area contributed by atoms with Crippen molar-refractivity contribution in [1.29, 1.82) is 0 Å². The summed E-state index contributed by atoms with van der Waals surface area (Å²) in [7, 11) is 1.83. The summed E-state index contributed by atoms with van der Waals surface area (Å²) >= 11 is 0. The van der Waals surface area contributed by atoms with Gasteiger partial charge in [0.25, 0.3) is 5.91 Å². The Morgan fingerprint density at radius 2 is 2.21 bits per heavy atom. The summed E-state index contributed by atoms with van der Waals surface area (Å²) in [5, 5.41) is 3.14. The van der Waals surface area contributed by atoms with Gasteiger partial charge in [0.2, 0.25) is 0 Å². The molecule has 7 heteroatoms. The summed E-state index contributed by atoms with van der Waals surface area (Å²) in [5.74, 6) is 1.01. The zero-order valence-electron chi connectivity index (χ0n) is 13.9. The lowest BCUT2D eigenvalue weighted by atomic mass is 10.0. The normalized spacial score (nSPS) is 20.0. The van der Waals surface area contributed by atoms with Gasteiger partial charge in [-0.2, -0.15) is 0 Å². The van der Waals surface area contributed by atoms with Gasteiger partial charge in [0, 0.05) is 37.4 Å². The molecule has 0 saturated carbocycles. The highest BCUT2D eigenvalue weighted by molar-refractivity contribution is 5.92. The van der Waals surface area contributed by atoms with Gasteiger partial charge >= 0.3 is 0 Å². The fraction of sp³-hybridized carbons (Fsp3) is 0.529. The first-order valence-corrected chi connectivity index (χ1v) is 8.57. The van der Waals surface area contributed by atoms with Crippen molar-refractivity contribution in [2.75, 3.05) is 18.0 Å². The standard InChI is InChI=1S/C17H22N6O/c1-22-11-18-8-15(22)17(24)21-12-4-3-7-23(9-12)16-13-5-2-6-14(13)19-10-20-16/h8,10-12H,2-7,9H2,1H3,(H,21,24). The molecule has 1 saturated heterocycles. The average molecular weight is 326 g/mol. The number of amides is 1. The number of imidazole rings is 1. The van der Waals surface area contributed by atoms with E-state index in [1.165, 1.54) is 11.3 Å². The number of nitrogens with one attached hydrogen (secondary N) is 1. The SMILES string of the molecule is Cn1cncc1C(=O)NC1CCCN(c2ncnc3c2CCC3)C1. The van der Waals surface area contributed by atoms with Gasteiger partial charge in [0.05, 0.1) is 12.5 Å². The lowest BCUT2D eigenvalue weighted by Crippen LogP contribution is -2.48. The molecule has 7 nitrogen and oxygen atoms in total. The number of carbonyl (C=O) groups excluding carboxylic acids is 1. The summed E-state index contributed by atoms with van der Waals surface area (Å²) in [5.41, 5.74) is 3.09.